The third-order valence-electron chi connectivity index (χ3n) is 3.03. The molecule has 6 nitrogen and oxygen atoms in total. The van der Waals surface area contributed by atoms with Gasteiger partial charge in [0.1, 0.15) is 5.82 Å². The van der Waals surface area contributed by atoms with Gasteiger partial charge in [-0.3, -0.25) is 10.1 Å². The Morgan fingerprint density at radius 3 is 2.68 bits per heavy atom. The van der Waals surface area contributed by atoms with Crippen molar-refractivity contribution in [3.8, 4) is 10.6 Å². The summed E-state index contributed by atoms with van der Waals surface area (Å²) in [6.07, 6.45) is 0. The molecular weight excluding hydrogens is 311 g/mol. The average Bonchev–Trinajstić information content (AvgIpc) is 2.96. The number of pyridine rings is 1. The van der Waals surface area contributed by atoms with E-state index < -0.39 is 16.7 Å². The predicted octanol–water partition coefficient (Wildman–Crippen LogP) is 3.71. The Hall–Kier alpha value is -2.87. The van der Waals surface area contributed by atoms with Gasteiger partial charge in [-0.25, -0.2) is 14.2 Å². The topological polar surface area (TPSA) is 93.3 Å². The zero-order chi connectivity index (χ0) is 15.9. The van der Waals surface area contributed by atoms with Crippen molar-refractivity contribution in [2.45, 2.75) is 0 Å². The Kier molecular flexibility index (Phi) is 3.30. The number of hydrogen-bond donors (Lipinski definition) is 1. The maximum Gasteiger partial charge on any atom is 0.336 e. The van der Waals surface area contributed by atoms with Gasteiger partial charge < -0.3 is 5.11 Å². The molecule has 2 aromatic heterocycles. The maximum absolute atomic E-state index is 13.3. The molecule has 0 amide bonds. The van der Waals surface area contributed by atoms with E-state index in [1.807, 2.05) is 0 Å². The van der Waals surface area contributed by atoms with Gasteiger partial charge >= 0.3 is 11.0 Å². The first-order valence-electron chi connectivity index (χ1n) is 6.04. The van der Waals surface area contributed by atoms with E-state index in [9.17, 15) is 24.4 Å². The second-order valence-corrected chi connectivity index (χ2v) is 5.48. The van der Waals surface area contributed by atoms with Crippen LogP contribution in [0.4, 0.5) is 9.39 Å². The molecule has 3 rings (SSSR count). The minimum atomic E-state index is -1.22. The van der Waals surface area contributed by atoms with Gasteiger partial charge in [-0.15, -0.1) is 0 Å². The lowest BCUT2D eigenvalue weighted by Gasteiger charge is -2.05. The lowest BCUT2D eigenvalue weighted by Crippen LogP contribution is -2.00. The standard InChI is InChI=1S/C14H7FN2O4S/c15-7-1-2-10-8(5-7)9(14(18)19)6-11(16-10)12-3-4-13(22-12)17(20)21/h1-6H,(H,18,19). The van der Waals surface area contributed by atoms with E-state index in [0.717, 1.165) is 17.4 Å². The molecule has 1 N–H and O–H groups in total. The molecule has 0 bridgehead atoms. The van der Waals surface area contributed by atoms with Crippen LogP contribution in [0.5, 0.6) is 0 Å². The number of nitro groups is 1. The number of aromatic carboxylic acids is 1. The van der Waals surface area contributed by atoms with Crippen LogP contribution < -0.4 is 0 Å². The van der Waals surface area contributed by atoms with Crippen LogP contribution in [0.2, 0.25) is 0 Å². The zero-order valence-electron chi connectivity index (χ0n) is 10.8. The molecular formula is C14H7FN2O4S. The number of fused-ring (bicyclic) bond motifs is 1. The van der Waals surface area contributed by atoms with Crippen LogP contribution >= 0.6 is 11.3 Å². The number of carboxylic acid groups (broad SMARTS) is 1. The van der Waals surface area contributed by atoms with Gasteiger partial charge in [0, 0.05) is 11.5 Å². The summed E-state index contributed by atoms with van der Waals surface area (Å²) < 4.78 is 13.3. The van der Waals surface area contributed by atoms with E-state index in [4.69, 9.17) is 0 Å². The molecule has 0 spiro atoms. The highest BCUT2D eigenvalue weighted by Gasteiger charge is 2.17. The van der Waals surface area contributed by atoms with Gasteiger partial charge in [-0.1, -0.05) is 11.3 Å². The average molecular weight is 318 g/mol. The van der Waals surface area contributed by atoms with E-state index >= 15 is 0 Å². The molecule has 0 unspecified atom stereocenters. The highest BCUT2D eigenvalue weighted by Crippen LogP contribution is 2.33. The molecule has 0 saturated heterocycles. The molecule has 0 fully saturated rings. The summed E-state index contributed by atoms with van der Waals surface area (Å²) in [4.78, 5) is 26.3. The fraction of sp³-hybridized carbons (Fsp3) is 0. The summed E-state index contributed by atoms with van der Waals surface area (Å²) in [5.41, 5.74) is 0.512. The van der Waals surface area contributed by atoms with Crippen molar-refractivity contribution >= 4 is 33.2 Å². The molecule has 0 aliphatic heterocycles. The lowest BCUT2D eigenvalue weighted by molar-refractivity contribution is -0.380. The second kappa shape index (κ2) is 5.15. The quantitative estimate of drug-likeness (QED) is 0.587. The number of benzene rings is 1. The van der Waals surface area contributed by atoms with Crippen molar-refractivity contribution in [3.05, 3.63) is 57.9 Å². The minimum Gasteiger partial charge on any atom is -0.478 e. The summed E-state index contributed by atoms with van der Waals surface area (Å²) in [7, 11) is 0. The summed E-state index contributed by atoms with van der Waals surface area (Å²) in [5.74, 6) is -1.78. The largest absolute Gasteiger partial charge is 0.478 e. The molecule has 0 atom stereocenters. The Morgan fingerprint density at radius 1 is 1.27 bits per heavy atom. The number of carbonyl (C=O) groups is 1. The fourth-order valence-electron chi connectivity index (χ4n) is 2.06. The van der Waals surface area contributed by atoms with Crippen molar-refractivity contribution in [1.29, 1.82) is 0 Å². The Labute approximate surface area is 126 Å². The van der Waals surface area contributed by atoms with E-state index in [-0.39, 0.29) is 16.0 Å². The molecule has 8 heteroatoms. The maximum atomic E-state index is 13.3. The van der Waals surface area contributed by atoms with Crippen molar-refractivity contribution < 1.29 is 19.2 Å². The summed E-state index contributed by atoms with van der Waals surface area (Å²) >= 11 is 0.898. The lowest BCUT2D eigenvalue weighted by atomic mass is 10.1. The summed E-state index contributed by atoms with van der Waals surface area (Å²) in [6, 6.07) is 7.79. The molecule has 2 heterocycles. The van der Waals surface area contributed by atoms with Gasteiger partial charge in [0.15, 0.2) is 0 Å². The fourth-order valence-corrected chi connectivity index (χ4v) is 2.85. The number of aromatic nitrogens is 1. The monoisotopic (exact) mass is 318 g/mol. The number of hydrogen-bond acceptors (Lipinski definition) is 5. The zero-order valence-corrected chi connectivity index (χ0v) is 11.6. The highest BCUT2D eigenvalue weighted by atomic mass is 32.1. The van der Waals surface area contributed by atoms with Crippen molar-refractivity contribution in [2.24, 2.45) is 0 Å². The normalized spacial score (nSPS) is 10.8. The molecule has 0 aliphatic rings. The van der Waals surface area contributed by atoms with Crippen LogP contribution in [0, 0.1) is 15.9 Å². The minimum absolute atomic E-state index is 0.0621. The number of halogens is 1. The van der Waals surface area contributed by atoms with Gasteiger partial charge in [-0.2, -0.15) is 0 Å². The third-order valence-corrected chi connectivity index (χ3v) is 4.08. The number of nitrogens with zero attached hydrogens (tertiary/aromatic N) is 2. The van der Waals surface area contributed by atoms with Crippen LogP contribution in [0.3, 0.4) is 0 Å². The van der Waals surface area contributed by atoms with Crippen LogP contribution in [0.1, 0.15) is 10.4 Å². The predicted molar refractivity (Wildman–Crippen MR) is 78.6 cm³/mol. The van der Waals surface area contributed by atoms with Gasteiger partial charge in [0.25, 0.3) is 0 Å². The Bertz CT molecular complexity index is 922. The van der Waals surface area contributed by atoms with E-state index in [2.05, 4.69) is 4.98 Å². The third kappa shape index (κ3) is 2.40. The molecule has 110 valence electrons. The van der Waals surface area contributed by atoms with E-state index in [1.54, 1.807) is 0 Å². The molecule has 3 aromatic rings. The first-order valence-corrected chi connectivity index (χ1v) is 6.85. The second-order valence-electron chi connectivity index (χ2n) is 4.42. The summed E-state index contributed by atoms with van der Waals surface area (Å²) in [6.45, 7) is 0. The molecule has 1 aromatic carbocycles. The van der Waals surface area contributed by atoms with Crippen molar-refractivity contribution in [3.63, 3.8) is 0 Å². The Balaban J connectivity index is 2.24. The van der Waals surface area contributed by atoms with Crippen molar-refractivity contribution in [2.75, 3.05) is 0 Å². The van der Waals surface area contributed by atoms with Crippen LogP contribution in [0.25, 0.3) is 21.5 Å². The molecule has 22 heavy (non-hydrogen) atoms. The molecule has 0 radical (unpaired) electrons. The highest BCUT2D eigenvalue weighted by molar-refractivity contribution is 7.18. The first kappa shape index (κ1) is 14.1. The Morgan fingerprint density at radius 2 is 2.05 bits per heavy atom. The van der Waals surface area contributed by atoms with Crippen LogP contribution in [-0.2, 0) is 0 Å². The van der Waals surface area contributed by atoms with Crippen LogP contribution in [0.15, 0.2) is 36.4 Å². The smallest absolute Gasteiger partial charge is 0.336 e. The number of rotatable bonds is 3. The molecule has 0 saturated carbocycles. The van der Waals surface area contributed by atoms with Gasteiger partial charge in [0.05, 0.1) is 26.6 Å². The van der Waals surface area contributed by atoms with Gasteiger partial charge in [0.2, 0.25) is 0 Å². The number of carboxylic acids is 1. The van der Waals surface area contributed by atoms with Gasteiger partial charge in [-0.05, 0) is 30.3 Å². The molecule has 0 aliphatic carbocycles. The SMILES string of the molecule is O=C(O)c1cc(-c2ccc([N+](=O)[O-])s2)nc2ccc(F)cc12. The van der Waals surface area contributed by atoms with E-state index in [1.165, 1.54) is 30.3 Å². The number of thiophene rings is 1. The van der Waals surface area contributed by atoms with Crippen molar-refractivity contribution in [1.82, 2.24) is 4.98 Å². The first-order chi connectivity index (χ1) is 10.5. The van der Waals surface area contributed by atoms with Crippen LogP contribution in [-0.4, -0.2) is 21.0 Å². The van der Waals surface area contributed by atoms with E-state index in [0.29, 0.717) is 16.1 Å². The summed E-state index contributed by atoms with van der Waals surface area (Å²) in [5, 5.41) is 20.1.